The first-order valence-corrected chi connectivity index (χ1v) is 27.4. The van der Waals surface area contributed by atoms with Crippen molar-refractivity contribution in [3.63, 3.8) is 0 Å². The van der Waals surface area contributed by atoms with Crippen LogP contribution in [0.1, 0.15) is 118 Å². The van der Waals surface area contributed by atoms with E-state index in [9.17, 15) is 38.6 Å². The van der Waals surface area contributed by atoms with Crippen LogP contribution in [0.25, 0.3) is 0 Å². The zero-order valence-electron chi connectivity index (χ0n) is 50.2. The summed E-state index contributed by atoms with van der Waals surface area (Å²) < 4.78 is 45.4. The zero-order valence-corrected chi connectivity index (χ0v) is 50.2. The number of fused-ring (bicyclic) bond motifs is 1. The van der Waals surface area contributed by atoms with Crippen molar-refractivity contribution in [1.29, 1.82) is 0 Å². The fraction of sp³-hybridized carbons (Fsp3) is 0.764. The van der Waals surface area contributed by atoms with Crippen LogP contribution in [0.5, 0.6) is 0 Å². The standard InChI is InChI=1S/C18H26BNO7.C14H25NO5.C10H19NO4.C9H17NO3.C4H8O2/c1-10(2)16(18(24)26-8-12(6-21)7-22)20-17(23)14-5-4-13-9-27-19(25)15(13)11(14)3;1-9(2)11(15-13(17)20-14(3,4)5)12(16)19-8-10-6-18-7-10;1-6(2)7(8(12)13)11-9(14)15-10(3,4)5;1-6(2)8(10)9(11)13-5-7-3-12-4-7;5-1-4-2-6-3-4/h4-5,10,12,16,21-22,25H,6-9H2,1-3H3,(H,20,23);9-11H,6-8H2,1-5H3,(H,15,17);6-7H,1-5H3,(H,11,14)(H,12,13);6-8H,3-5,10H2,1-2H3;4-5H,1-3H2/t16-;11-;7-;8-;/m0000./s1. The van der Waals surface area contributed by atoms with E-state index in [1.165, 1.54) is 0 Å². The molecule has 81 heavy (non-hydrogen) atoms. The van der Waals surface area contributed by atoms with Crippen LogP contribution in [-0.2, 0) is 68.3 Å². The molecule has 4 heterocycles. The van der Waals surface area contributed by atoms with Gasteiger partial charge in [-0.05, 0) is 94.8 Å². The molecule has 464 valence electrons. The van der Waals surface area contributed by atoms with Gasteiger partial charge in [-0.3, -0.25) is 9.59 Å². The van der Waals surface area contributed by atoms with Crippen molar-refractivity contribution < 1.29 is 102 Å². The van der Waals surface area contributed by atoms with E-state index in [-0.39, 0.29) is 62.0 Å². The number of carboxylic acids is 1. The molecular formula is C55H95BN4O21. The second-order valence-corrected chi connectivity index (χ2v) is 23.5. The normalized spacial score (nSPS) is 16.5. The molecule has 1 aromatic carbocycles. The van der Waals surface area contributed by atoms with Crippen LogP contribution in [0.15, 0.2) is 12.1 Å². The molecule has 0 aromatic heterocycles. The minimum absolute atomic E-state index is 0.0762. The molecule has 4 aliphatic rings. The largest absolute Gasteiger partial charge is 0.492 e. The Kier molecular flexibility index (Phi) is 33.2. The molecular weight excluding hydrogens is 1060 g/mol. The summed E-state index contributed by atoms with van der Waals surface area (Å²) in [5.41, 5.74) is 6.74. The molecule has 26 heteroatoms. The lowest BCUT2D eigenvalue weighted by Crippen LogP contribution is -2.47. The number of carboxylic acid groups (broad SMARTS) is 1. The number of carbonyl (C=O) groups is 7. The van der Waals surface area contributed by atoms with Crippen LogP contribution < -0.4 is 27.1 Å². The van der Waals surface area contributed by atoms with E-state index in [2.05, 4.69) is 16.0 Å². The van der Waals surface area contributed by atoms with Crippen molar-refractivity contribution in [2.45, 2.75) is 146 Å². The van der Waals surface area contributed by atoms with Gasteiger partial charge in [0.25, 0.3) is 5.91 Å². The van der Waals surface area contributed by atoms with Crippen LogP contribution >= 0.6 is 0 Å². The average Bonchev–Trinajstić information content (AvgIpc) is 3.70. The molecule has 0 radical (unpaired) electrons. The lowest BCUT2D eigenvalue weighted by molar-refractivity contribution is -0.154. The highest BCUT2D eigenvalue weighted by Crippen LogP contribution is 2.19. The number of nitrogens with one attached hydrogen (secondary N) is 3. The summed E-state index contributed by atoms with van der Waals surface area (Å²) >= 11 is 0. The van der Waals surface area contributed by atoms with Crippen molar-refractivity contribution in [2.24, 2.45) is 53.1 Å². The van der Waals surface area contributed by atoms with Gasteiger partial charge in [0.2, 0.25) is 0 Å². The summed E-state index contributed by atoms with van der Waals surface area (Å²) in [5, 5.41) is 52.7. The monoisotopic (exact) mass is 1160 g/mol. The van der Waals surface area contributed by atoms with Crippen LogP contribution in [0.2, 0.25) is 0 Å². The second kappa shape index (κ2) is 36.4. The number of hydrogen-bond acceptors (Lipinski definition) is 21. The summed E-state index contributed by atoms with van der Waals surface area (Å²) in [6, 6.07) is 0.362. The van der Waals surface area contributed by atoms with Gasteiger partial charge >= 0.3 is 43.2 Å². The van der Waals surface area contributed by atoms with E-state index in [1.54, 1.807) is 88.3 Å². The van der Waals surface area contributed by atoms with Crippen LogP contribution in [-0.4, -0.2) is 189 Å². The summed E-state index contributed by atoms with van der Waals surface area (Å²) in [5.74, 6) is -2.70. The maximum absolute atomic E-state index is 12.7. The van der Waals surface area contributed by atoms with Gasteiger partial charge in [-0.1, -0.05) is 61.5 Å². The molecule has 4 atom stereocenters. The maximum Gasteiger partial charge on any atom is 0.492 e. The number of hydrogen-bond donors (Lipinski definition) is 9. The Hall–Kier alpha value is -5.19. The second-order valence-electron chi connectivity index (χ2n) is 23.5. The molecule has 3 fully saturated rings. The average molecular weight is 1160 g/mol. The minimum Gasteiger partial charge on any atom is -0.480 e. The number of aliphatic hydroxyl groups excluding tert-OH is 3. The van der Waals surface area contributed by atoms with Crippen molar-refractivity contribution >= 4 is 54.6 Å². The van der Waals surface area contributed by atoms with E-state index in [1.807, 2.05) is 27.7 Å². The first-order valence-electron chi connectivity index (χ1n) is 27.4. The first kappa shape index (κ1) is 73.8. The van der Waals surface area contributed by atoms with Gasteiger partial charge in [0.15, 0.2) is 0 Å². The van der Waals surface area contributed by atoms with E-state index in [4.69, 9.17) is 68.7 Å². The third kappa shape index (κ3) is 28.6. The third-order valence-electron chi connectivity index (χ3n) is 12.2. The highest BCUT2D eigenvalue weighted by molar-refractivity contribution is 6.62. The molecule has 0 bridgehead atoms. The molecule has 3 saturated heterocycles. The van der Waals surface area contributed by atoms with Crippen molar-refractivity contribution in [2.75, 3.05) is 79.3 Å². The smallest absolute Gasteiger partial charge is 0.480 e. The SMILES string of the molecule is CC(C)[C@H](N)C(=O)OCC1COC1.CC(C)[C@H](NC(=O)OC(C)(C)C)C(=O)O.CC(C)[C@H](NC(=O)OC(C)(C)C)C(=O)OCC1COC1.Cc1c(C(=O)N[C@H](C(=O)OCC(CO)CO)C(C)C)ccc2c1B(O)OC2.OCC1COC1. The van der Waals surface area contributed by atoms with Crippen LogP contribution in [0.4, 0.5) is 9.59 Å². The summed E-state index contributed by atoms with van der Waals surface area (Å²) in [7, 11) is -1.06. The highest BCUT2D eigenvalue weighted by atomic mass is 16.6. The Morgan fingerprint density at radius 1 is 0.630 bits per heavy atom. The molecule has 4 aliphatic heterocycles. The topological polar surface area (TPSA) is 366 Å². The molecule has 0 aliphatic carbocycles. The lowest BCUT2D eigenvalue weighted by atomic mass is 9.75. The number of aliphatic carboxylic acids is 1. The number of aliphatic hydroxyl groups is 3. The van der Waals surface area contributed by atoms with E-state index < -0.39 is 84.4 Å². The molecule has 5 rings (SSSR count). The molecule has 0 saturated carbocycles. The predicted molar refractivity (Wildman–Crippen MR) is 297 cm³/mol. The van der Waals surface area contributed by atoms with E-state index >= 15 is 0 Å². The summed E-state index contributed by atoms with van der Waals surface area (Å²) in [6.07, 6.45) is -1.32. The Labute approximate surface area is 477 Å². The van der Waals surface area contributed by atoms with Gasteiger partial charge in [-0.15, -0.1) is 0 Å². The van der Waals surface area contributed by atoms with Crippen molar-refractivity contribution in [3.05, 3.63) is 28.8 Å². The summed E-state index contributed by atoms with van der Waals surface area (Å²) in [6.45, 7) is 31.4. The number of nitrogens with two attached hydrogens (primary N) is 1. The minimum atomic E-state index is -1.06. The fourth-order valence-electron chi connectivity index (χ4n) is 6.81. The molecule has 0 unspecified atom stereocenters. The number of esters is 3. The number of rotatable bonds is 21. The number of carbonyl (C=O) groups excluding carboxylic acids is 6. The van der Waals surface area contributed by atoms with Crippen molar-refractivity contribution in [1.82, 2.24) is 16.0 Å². The van der Waals surface area contributed by atoms with Gasteiger partial charge in [0, 0.05) is 29.2 Å². The summed E-state index contributed by atoms with van der Waals surface area (Å²) in [4.78, 5) is 82.1. The Morgan fingerprint density at radius 2 is 1.05 bits per heavy atom. The third-order valence-corrected chi connectivity index (χ3v) is 12.2. The molecule has 10 N–H and O–H groups in total. The van der Waals surface area contributed by atoms with Gasteiger partial charge in [-0.2, -0.15) is 0 Å². The first-order chi connectivity index (χ1) is 37.7. The zero-order chi connectivity index (χ0) is 61.9. The Balaban J connectivity index is 0.000000539. The number of benzene rings is 1. The number of alkyl carbamates (subject to hydrolysis) is 2. The van der Waals surface area contributed by atoms with Gasteiger partial charge in [-0.25, -0.2) is 24.0 Å². The van der Waals surface area contributed by atoms with Gasteiger partial charge < -0.3 is 89.7 Å². The molecule has 25 nitrogen and oxygen atoms in total. The maximum atomic E-state index is 12.7. The van der Waals surface area contributed by atoms with E-state index in [0.29, 0.717) is 74.7 Å². The Morgan fingerprint density at radius 3 is 1.41 bits per heavy atom. The predicted octanol–water partition coefficient (Wildman–Crippen LogP) is 2.24. The van der Waals surface area contributed by atoms with Crippen LogP contribution in [0.3, 0.4) is 0 Å². The van der Waals surface area contributed by atoms with Gasteiger partial charge in [0.05, 0.1) is 85.9 Å². The number of ether oxygens (including phenoxy) is 8. The number of amides is 3. The highest BCUT2D eigenvalue weighted by Gasteiger charge is 2.34. The lowest BCUT2D eigenvalue weighted by Gasteiger charge is -2.28. The Bertz CT molecular complexity index is 2100. The van der Waals surface area contributed by atoms with Crippen LogP contribution in [0, 0.1) is 54.3 Å². The van der Waals surface area contributed by atoms with E-state index in [0.717, 1.165) is 18.8 Å². The molecule has 3 amide bonds. The van der Waals surface area contributed by atoms with Crippen molar-refractivity contribution in [3.8, 4) is 0 Å². The van der Waals surface area contributed by atoms with Gasteiger partial charge in [0.1, 0.15) is 35.4 Å². The quantitative estimate of drug-likeness (QED) is 0.0484. The molecule has 1 aromatic rings. The fourth-order valence-corrected chi connectivity index (χ4v) is 6.81. The molecule has 0 spiro atoms.